The number of hydrogen-bond donors (Lipinski definition) is 1. The molecular weight excluding hydrogens is 76.1 g/mol. The second-order valence-electron chi connectivity index (χ2n) is 1.68. The lowest BCUT2D eigenvalue weighted by Crippen LogP contribution is -2.13. The molecule has 0 fully saturated rings. The lowest BCUT2D eigenvalue weighted by Gasteiger charge is -2.04. The third kappa shape index (κ3) is 3.52. The normalized spacial score (nSPS) is 11.5. The number of hydrogen-bond acceptors (Lipinski definition) is 1. The van der Waals surface area contributed by atoms with Gasteiger partial charge in [0.05, 0.1) is 0 Å². The maximum absolute atomic E-state index is 8.72. The zero-order chi connectivity index (χ0) is 5.91. The molecule has 0 saturated carbocycles. The summed E-state index contributed by atoms with van der Waals surface area (Å²) in [5, 5.41) is 8.72. The molecule has 0 aromatic carbocycles. The predicted octanol–water partition coefficient (Wildman–Crippen LogP) is 0.391. The van der Waals surface area contributed by atoms with E-state index in [1.165, 1.54) is 13.8 Å². The second kappa shape index (κ2) is 1.32. The highest BCUT2D eigenvalue weighted by Crippen LogP contribution is 1.93. The van der Waals surface area contributed by atoms with Gasteiger partial charge in [0.25, 0.3) is 0 Å². The van der Waals surface area contributed by atoms with Crippen LogP contribution in [0.5, 0.6) is 0 Å². The fraction of sp³-hybridized carbons (Fsp3) is 0.600. The highest BCUT2D eigenvalue weighted by atomic mass is 16.3. The van der Waals surface area contributed by atoms with Crippen LogP contribution in [0.15, 0.2) is 0 Å². The minimum absolute atomic E-state index is 0.998. The zero-order valence-corrected chi connectivity index (χ0v) is 3.95. The molecule has 0 aromatic rings. The molecule has 34 valence electrons. The average molecular weight is 86.1 g/mol. The average Bonchev–Trinajstić information content (AvgIpc) is 1.30. The number of rotatable bonds is 0. The molecule has 0 aliphatic carbocycles. The summed E-state index contributed by atoms with van der Waals surface area (Å²) in [6.45, 7) is 3.07. The van der Waals surface area contributed by atoms with Gasteiger partial charge < -0.3 is 5.11 Å². The molecule has 0 atom stereocenters. The minimum atomic E-state index is -0.998. The summed E-state index contributed by atoms with van der Waals surface area (Å²) in [5.74, 6) is 2.26. The lowest BCUT2D eigenvalue weighted by molar-refractivity contribution is 0.144. The van der Waals surface area contributed by atoms with E-state index in [-0.39, 0.29) is 0 Å². The Morgan fingerprint density at radius 1 is 2.00 bits per heavy atom. The van der Waals surface area contributed by atoms with E-state index < -0.39 is 5.60 Å². The van der Waals surface area contributed by atoms with Crippen molar-refractivity contribution in [1.82, 2.24) is 0 Å². The van der Waals surface area contributed by atoms with Crippen molar-refractivity contribution in [3.05, 3.63) is 0 Å². The molecule has 0 radical (unpaired) electrons. The Morgan fingerprint density at radius 3 is 2.50 bits per heavy atom. The van der Waals surface area contributed by atoms with Crippen molar-refractivity contribution in [1.29, 1.82) is 0 Å². The van der Waals surface area contributed by atoms with Crippen LogP contribution >= 0.6 is 0 Å². The highest BCUT2D eigenvalue weighted by Gasteiger charge is 2.03. The summed E-state index contributed by atoms with van der Waals surface area (Å²) in [4.78, 5) is 0. The molecule has 0 aliphatic rings. The summed E-state index contributed by atoms with van der Waals surface area (Å²) in [5.41, 5.74) is -0.998. The van der Waals surface area contributed by atoms with Crippen LogP contribution in [0.1, 0.15) is 15.2 Å². The Hall–Kier alpha value is -0.480. The van der Waals surface area contributed by atoms with E-state index in [2.05, 4.69) is 5.92 Å². The quantitative estimate of drug-likeness (QED) is 0.423. The van der Waals surface area contributed by atoms with Crippen molar-refractivity contribution < 1.29 is 6.48 Å². The van der Waals surface area contributed by atoms with Gasteiger partial charge in [0.15, 0.2) is 0 Å². The SMILES string of the molecule is [3H]C#CC(C)(C)O. The van der Waals surface area contributed by atoms with Gasteiger partial charge in [0.1, 0.15) is 6.97 Å². The van der Waals surface area contributed by atoms with Gasteiger partial charge in [0, 0.05) is 0 Å². The van der Waals surface area contributed by atoms with E-state index in [9.17, 15) is 0 Å². The largest absolute Gasteiger partial charge is 0.378 e. The van der Waals surface area contributed by atoms with Gasteiger partial charge in [-0.1, -0.05) is 5.92 Å². The van der Waals surface area contributed by atoms with E-state index in [1.54, 1.807) is 0 Å². The van der Waals surface area contributed by atoms with Crippen LogP contribution in [-0.2, 0) is 0 Å². The van der Waals surface area contributed by atoms with Crippen molar-refractivity contribution in [2.45, 2.75) is 19.4 Å². The van der Waals surface area contributed by atoms with Gasteiger partial charge in [-0.15, -0.1) is 6.40 Å². The molecule has 0 saturated heterocycles. The zero-order valence-electron chi connectivity index (χ0n) is 4.95. The Kier molecular flexibility index (Phi) is 0.813. The van der Waals surface area contributed by atoms with Gasteiger partial charge in [-0.3, -0.25) is 0 Å². The van der Waals surface area contributed by atoms with Crippen LogP contribution in [0.3, 0.4) is 0 Å². The van der Waals surface area contributed by atoms with Crippen LogP contribution in [-0.4, -0.2) is 10.7 Å². The monoisotopic (exact) mass is 86.1 g/mol. The summed E-state index contributed by atoms with van der Waals surface area (Å²) in [7, 11) is 0. The van der Waals surface area contributed by atoms with Crippen LogP contribution in [0, 0.1) is 12.3 Å². The van der Waals surface area contributed by atoms with Crippen LogP contribution in [0.2, 0.25) is 0 Å². The van der Waals surface area contributed by atoms with Crippen LogP contribution < -0.4 is 0 Å². The van der Waals surface area contributed by atoms with Gasteiger partial charge >= 0.3 is 0 Å². The van der Waals surface area contributed by atoms with Crippen molar-refractivity contribution in [3.8, 4) is 12.3 Å². The van der Waals surface area contributed by atoms with Crippen molar-refractivity contribution in [3.63, 3.8) is 0 Å². The predicted molar refractivity (Wildman–Crippen MR) is 25.1 cm³/mol. The molecule has 1 N–H and O–H groups in total. The third-order valence-electron chi connectivity index (χ3n) is 0.306. The van der Waals surface area contributed by atoms with Crippen molar-refractivity contribution in [2.24, 2.45) is 0 Å². The number of aliphatic hydroxyl groups is 1. The summed E-state index contributed by atoms with van der Waals surface area (Å²) in [6, 6.07) is 0. The van der Waals surface area contributed by atoms with Gasteiger partial charge in [-0.25, -0.2) is 0 Å². The maximum atomic E-state index is 8.72. The fourth-order valence-corrected chi connectivity index (χ4v) is 0. The van der Waals surface area contributed by atoms with Crippen LogP contribution in [0.4, 0.5) is 0 Å². The summed E-state index contributed by atoms with van der Waals surface area (Å²) in [6.07, 6.45) is 1.86. The summed E-state index contributed by atoms with van der Waals surface area (Å²) < 4.78 is 6.34. The molecule has 0 heterocycles. The Labute approximate surface area is 39.4 Å². The number of terminal acetylenes is 1. The van der Waals surface area contributed by atoms with E-state index in [4.69, 9.17) is 6.48 Å². The standard InChI is InChI=1S/C5H8O/c1-4-5(2,3)6/h1,6H,2-3H3/i1T. The van der Waals surface area contributed by atoms with E-state index in [1.807, 2.05) is 6.40 Å². The first-order valence-corrected chi connectivity index (χ1v) is 1.72. The lowest BCUT2D eigenvalue weighted by atomic mass is 10.2. The molecule has 0 rings (SSSR count). The molecule has 0 spiro atoms. The fourth-order valence-electron chi connectivity index (χ4n) is 0. The minimum Gasteiger partial charge on any atom is -0.378 e. The molecule has 0 amide bonds. The first kappa shape index (κ1) is 3.70. The van der Waals surface area contributed by atoms with E-state index >= 15 is 0 Å². The second-order valence-corrected chi connectivity index (χ2v) is 1.68. The van der Waals surface area contributed by atoms with Crippen molar-refractivity contribution >= 4 is 0 Å². The molecular formula is C5H8O. The van der Waals surface area contributed by atoms with Crippen LogP contribution in [0.25, 0.3) is 0 Å². The Balaban J connectivity index is 3.72. The molecule has 0 unspecified atom stereocenters. The first-order valence-electron chi connectivity index (χ1n) is 2.22. The molecule has 1 nitrogen and oxygen atoms in total. The van der Waals surface area contributed by atoms with Gasteiger partial charge in [-0.05, 0) is 13.8 Å². The van der Waals surface area contributed by atoms with E-state index in [0.717, 1.165) is 0 Å². The smallest absolute Gasteiger partial charge is 0.124 e. The third-order valence-corrected chi connectivity index (χ3v) is 0.306. The molecule has 0 bridgehead atoms. The van der Waals surface area contributed by atoms with E-state index in [0.29, 0.717) is 0 Å². The van der Waals surface area contributed by atoms with Gasteiger partial charge in [-0.2, -0.15) is 0 Å². The molecule has 0 aromatic heterocycles. The van der Waals surface area contributed by atoms with Crippen molar-refractivity contribution in [2.75, 3.05) is 0 Å². The Morgan fingerprint density at radius 2 is 2.50 bits per heavy atom. The first-order chi connectivity index (χ1) is 3.06. The maximum Gasteiger partial charge on any atom is 0.124 e. The topological polar surface area (TPSA) is 20.2 Å². The highest BCUT2D eigenvalue weighted by molar-refractivity contribution is 5.00. The molecule has 1 heteroatoms. The van der Waals surface area contributed by atoms with Gasteiger partial charge in [0.2, 0.25) is 0 Å². The molecule has 0 aliphatic heterocycles. The Bertz CT molecular complexity index is 101. The molecule has 6 heavy (non-hydrogen) atoms. The summed E-state index contributed by atoms with van der Waals surface area (Å²) >= 11 is 0.